The number of H-pyrrole nitrogens is 1. The van der Waals surface area contributed by atoms with Gasteiger partial charge in [-0.2, -0.15) is 0 Å². The summed E-state index contributed by atoms with van der Waals surface area (Å²) >= 11 is 0. The van der Waals surface area contributed by atoms with Crippen LogP contribution >= 0.6 is 0 Å². The highest BCUT2D eigenvalue weighted by Crippen LogP contribution is 2.37. The summed E-state index contributed by atoms with van der Waals surface area (Å²) in [6.45, 7) is 2.08. The number of carbonyl (C=O) groups excluding carboxylic acids is 1. The molecule has 3 heteroatoms. The van der Waals surface area contributed by atoms with Crippen LogP contribution in [-0.4, -0.2) is 17.9 Å². The quantitative estimate of drug-likeness (QED) is 0.431. The number of hydrogen-bond acceptors (Lipinski definition) is 2. The van der Waals surface area contributed by atoms with Crippen molar-refractivity contribution in [2.45, 2.75) is 19.3 Å². The zero-order valence-electron chi connectivity index (χ0n) is 16.1. The van der Waals surface area contributed by atoms with E-state index in [-0.39, 0.29) is 11.7 Å². The van der Waals surface area contributed by atoms with Gasteiger partial charge in [-0.15, -0.1) is 0 Å². The zero-order chi connectivity index (χ0) is 19.5. The molecule has 1 N–H and O–H groups in total. The second kappa shape index (κ2) is 7.73. The molecule has 0 saturated carbocycles. The molecule has 3 aromatic carbocycles. The molecule has 1 aromatic heterocycles. The highest BCUT2D eigenvalue weighted by Gasteiger charge is 2.24. The molecule has 28 heavy (non-hydrogen) atoms. The third kappa shape index (κ3) is 3.44. The van der Waals surface area contributed by atoms with Crippen LogP contribution in [0.15, 0.2) is 78.9 Å². The Labute approximate surface area is 165 Å². The van der Waals surface area contributed by atoms with Crippen LogP contribution in [0.2, 0.25) is 0 Å². The molecule has 0 radical (unpaired) electrons. The van der Waals surface area contributed by atoms with Gasteiger partial charge in [0.05, 0.1) is 7.11 Å². The molecule has 0 aliphatic carbocycles. The summed E-state index contributed by atoms with van der Waals surface area (Å²) in [5.41, 5.74) is 5.24. The molecule has 1 heterocycles. The van der Waals surface area contributed by atoms with Crippen molar-refractivity contribution in [3.63, 3.8) is 0 Å². The lowest BCUT2D eigenvalue weighted by molar-refractivity contribution is 0.0978. The summed E-state index contributed by atoms with van der Waals surface area (Å²) in [6, 6.07) is 25.8. The minimum Gasteiger partial charge on any atom is -0.497 e. The second-order valence-electron chi connectivity index (χ2n) is 7.03. The Kier molecular flexibility index (Phi) is 4.98. The van der Waals surface area contributed by atoms with Crippen LogP contribution in [0.25, 0.3) is 10.9 Å². The lowest BCUT2D eigenvalue weighted by atomic mass is 9.84. The van der Waals surface area contributed by atoms with Crippen molar-refractivity contribution in [3.8, 4) is 5.75 Å². The summed E-state index contributed by atoms with van der Waals surface area (Å²) in [6.07, 6.45) is 0.416. The fourth-order valence-electron chi connectivity index (χ4n) is 3.90. The maximum absolute atomic E-state index is 13.1. The molecule has 1 atom stereocenters. The standard InChI is InChI=1S/C25H23NO2/c1-17-25(21-10-6-7-11-23(21)26-17)22(18-12-14-20(28-2)15-13-18)16-24(27)19-8-4-3-5-9-19/h3-15,22,26H,16H2,1-2H3. The lowest BCUT2D eigenvalue weighted by Gasteiger charge is -2.19. The van der Waals surface area contributed by atoms with E-state index in [9.17, 15) is 4.79 Å². The molecule has 0 aliphatic heterocycles. The summed E-state index contributed by atoms with van der Waals surface area (Å²) < 4.78 is 5.31. The van der Waals surface area contributed by atoms with Gasteiger partial charge in [0.25, 0.3) is 0 Å². The van der Waals surface area contributed by atoms with E-state index in [1.807, 2.05) is 54.6 Å². The topological polar surface area (TPSA) is 42.1 Å². The Morgan fingerprint density at radius 1 is 0.929 bits per heavy atom. The molecular formula is C25H23NO2. The highest BCUT2D eigenvalue weighted by molar-refractivity contribution is 5.97. The number of nitrogens with one attached hydrogen (secondary N) is 1. The minimum absolute atomic E-state index is 0.0326. The smallest absolute Gasteiger partial charge is 0.163 e. The number of rotatable bonds is 6. The number of aromatic nitrogens is 1. The van der Waals surface area contributed by atoms with Gasteiger partial charge in [-0.3, -0.25) is 4.79 Å². The van der Waals surface area contributed by atoms with Crippen molar-refractivity contribution in [1.82, 2.24) is 4.98 Å². The summed E-state index contributed by atoms with van der Waals surface area (Å²) in [4.78, 5) is 16.5. The largest absolute Gasteiger partial charge is 0.497 e. The van der Waals surface area contributed by atoms with E-state index in [1.165, 1.54) is 10.9 Å². The normalized spacial score (nSPS) is 12.1. The van der Waals surface area contributed by atoms with E-state index in [2.05, 4.69) is 36.2 Å². The molecule has 1 unspecified atom stereocenters. The number of aryl methyl sites for hydroxylation is 1. The van der Waals surface area contributed by atoms with E-state index in [0.29, 0.717) is 6.42 Å². The first-order chi connectivity index (χ1) is 13.7. The molecule has 0 aliphatic rings. The Balaban J connectivity index is 1.80. The number of Topliss-reactive ketones (excluding diaryl/α,β-unsaturated/α-hetero) is 1. The Morgan fingerprint density at radius 3 is 2.32 bits per heavy atom. The number of para-hydroxylation sites is 1. The molecule has 0 saturated heterocycles. The van der Waals surface area contributed by atoms with Crippen LogP contribution in [0.3, 0.4) is 0 Å². The van der Waals surface area contributed by atoms with Gasteiger partial charge >= 0.3 is 0 Å². The van der Waals surface area contributed by atoms with Crippen molar-refractivity contribution in [2.75, 3.05) is 7.11 Å². The Morgan fingerprint density at radius 2 is 1.61 bits per heavy atom. The van der Waals surface area contributed by atoms with Crippen LogP contribution in [0, 0.1) is 6.92 Å². The fourth-order valence-corrected chi connectivity index (χ4v) is 3.90. The van der Waals surface area contributed by atoms with Gasteiger partial charge < -0.3 is 9.72 Å². The highest BCUT2D eigenvalue weighted by atomic mass is 16.5. The van der Waals surface area contributed by atoms with Crippen LogP contribution in [0.1, 0.15) is 39.5 Å². The molecule has 0 bridgehead atoms. The molecule has 0 amide bonds. The van der Waals surface area contributed by atoms with Crippen molar-refractivity contribution >= 4 is 16.7 Å². The van der Waals surface area contributed by atoms with Gasteiger partial charge in [-0.05, 0) is 36.2 Å². The van der Waals surface area contributed by atoms with Crippen LogP contribution in [0.4, 0.5) is 0 Å². The van der Waals surface area contributed by atoms with Gasteiger partial charge in [-0.1, -0.05) is 60.7 Å². The van der Waals surface area contributed by atoms with Crippen molar-refractivity contribution in [3.05, 3.63) is 101 Å². The number of hydrogen-bond donors (Lipinski definition) is 1. The molecule has 140 valence electrons. The van der Waals surface area contributed by atoms with Crippen LogP contribution in [0.5, 0.6) is 5.75 Å². The van der Waals surface area contributed by atoms with E-state index in [4.69, 9.17) is 4.74 Å². The first-order valence-corrected chi connectivity index (χ1v) is 9.47. The molecule has 0 fully saturated rings. The fraction of sp³-hybridized carbons (Fsp3) is 0.160. The van der Waals surface area contributed by atoms with Gasteiger partial charge in [0, 0.05) is 34.5 Å². The van der Waals surface area contributed by atoms with E-state index in [0.717, 1.165) is 28.1 Å². The molecular weight excluding hydrogens is 346 g/mol. The van der Waals surface area contributed by atoms with Crippen molar-refractivity contribution in [2.24, 2.45) is 0 Å². The van der Waals surface area contributed by atoms with Gasteiger partial charge in [0.2, 0.25) is 0 Å². The van der Waals surface area contributed by atoms with Crippen molar-refractivity contribution < 1.29 is 9.53 Å². The first-order valence-electron chi connectivity index (χ1n) is 9.47. The third-order valence-electron chi connectivity index (χ3n) is 5.30. The number of ether oxygens (including phenoxy) is 1. The third-order valence-corrected chi connectivity index (χ3v) is 5.30. The van der Waals surface area contributed by atoms with E-state index in [1.54, 1.807) is 7.11 Å². The van der Waals surface area contributed by atoms with Crippen molar-refractivity contribution in [1.29, 1.82) is 0 Å². The summed E-state index contributed by atoms with van der Waals surface area (Å²) in [5, 5.41) is 1.17. The monoisotopic (exact) mass is 369 g/mol. The number of benzene rings is 3. The van der Waals surface area contributed by atoms with E-state index < -0.39 is 0 Å². The predicted octanol–water partition coefficient (Wildman–Crippen LogP) is 5.89. The number of carbonyl (C=O) groups is 1. The van der Waals surface area contributed by atoms with E-state index >= 15 is 0 Å². The predicted molar refractivity (Wildman–Crippen MR) is 113 cm³/mol. The average Bonchev–Trinajstić information content (AvgIpc) is 3.08. The van der Waals surface area contributed by atoms with Gasteiger partial charge in [-0.25, -0.2) is 0 Å². The minimum atomic E-state index is -0.0326. The molecule has 3 nitrogen and oxygen atoms in total. The average molecular weight is 369 g/mol. The summed E-state index contributed by atoms with van der Waals surface area (Å²) in [5.74, 6) is 0.924. The second-order valence-corrected chi connectivity index (χ2v) is 7.03. The summed E-state index contributed by atoms with van der Waals surface area (Å²) in [7, 11) is 1.66. The number of methoxy groups -OCH3 is 1. The van der Waals surface area contributed by atoms with Crippen LogP contribution in [-0.2, 0) is 0 Å². The maximum Gasteiger partial charge on any atom is 0.163 e. The van der Waals surface area contributed by atoms with Crippen LogP contribution < -0.4 is 4.74 Å². The SMILES string of the molecule is COc1ccc(C(CC(=O)c2ccccc2)c2c(C)[nH]c3ccccc23)cc1. The zero-order valence-corrected chi connectivity index (χ0v) is 16.1. The first kappa shape index (κ1) is 18.1. The Bertz CT molecular complexity index is 1090. The van der Waals surface area contributed by atoms with Gasteiger partial charge in [0.15, 0.2) is 5.78 Å². The molecule has 4 aromatic rings. The molecule has 4 rings (SSSR count). The number of ketones is 1. The number of fused-ring (bicyclic) bond motifs is 1. The Hall–Kier alpha value is -3.33. The molecule has 0 spiro atoms. The maximum atomic E-state index is 13.1. The lowest BCUT2D eigenvalue weighted by Crippen LogP contribution is -2.10. The number of aromatic amines is 1. The van der Waals surface area contributed by atoms with Gasteiger partial charge in [0.1, 0.15) is 5.75 Å².